The number of aliphatic carboxylic acids is 1. The van der Waals surface area contributed by atoms with Gasteiger partial charge < -0.3 is 20.1 Å². The summed E-state index contributed by atoms with van der Waals surface area (Å²) in [6, 6.07) is 0. The van der Waals surface area contributed by atoms with E-state index in [4.69, 9.17) is 14.9 Å². The summed E-state index contributed by atoms with van der Waals surface area (Å²) in [5.74, 6) is -2.74. The van der Waals surface area contributed by atoms with Gasteiger partial charge in [-0.15, -0.1) is 0 Å². The monoisotopic (exact) mass is 318 g/mol. The molecular weight excluding hydrogens is 288 g/mol. The quantitative estimate of drug-likeness (QED) is 0.335. The second kappa shape index (κ2) is 13.5. The number of aliphatic hydroxyl groups excluding tert-OH is 2. The summed E-state index contributed by atoms with van der Waals surface area (Å²) in [6.07, 6.45) is 7.38. The molecule has 0 rings (SSSR count). The average Bonchev–Trinajstić information content (AvgIpc) is 2.50. The molecule has 0 aromatic rings. The summed E-state index contributed by atoms with van der Waals surface area (Å²) < 4.78 is 4.73. The lowest BCUT2D eigenvalue weighted by Crippen LogP contribution is -2.40. The summed E-state index contributed by atoms with van der Waals surface area (Å²) in [5.41, 5.74) is 0. The molecule has 0 bridgehead atoms. The molecule has 130 valence electrons. The van der Waals surface area contributed by atoms with Crippen LogP contribution in [0.4, 0.5) is 0 Å². The Hall–Kier alpha value is -1.14. The molecule has 0 aliphatic rings. The van der Waals surface area contributed by atoms with E-state index in [2.05, 4.69) is 6.92 Å². The standard InChI is InChI=1S/C16H30O6/c1-2-3-4-5-6-7-8-9-10-11-12-22-16(21)14(18)13(17)15(19)20/h13-14,17-18H,2-12H2,1H3,(H,19,20). The maximum absolute atomic E-state index is 11.3. The molecule has 0 saturated heterocycles. The summed E-state index contributed by atoms with van der Waals surface area (Å²) >= 11 is 0. The lowest BCUT2D eigenvalue weighted by atomic mass is 10.1. The number of unbranched alkanes of at least 4 members (excludes halogenated alkanes) is 9. The Balaban J connectivity index is 3.42. The minimum Gasteiger partial charge on any atom is -0.479 e. The molecule has 0 aliphatic carbocycles. The molecule has 2 atom stereocenters. The summed E-state index contributed by atoms with van der Waals surface area (Å²) in [6.45, 7) is 2.34. The van der Waals surface area contributed by atoms with Crippen LogP contribution in [0.1, 0.15) is 71.1 Å². The first-order chi connectivity index (χ1) is 10.5. The van der Waals surface area contributed by atoms with E-state index >= 15 is 0 Å². The van der Waals surface area contributed by atoms with Crippen LogP contribution in [0.3, 0.4) is 0 Å². The lowest BCUT2D eigenvalue weighted by Gasteiger charge is -2.13. The van der Waals surface area contributed by atoms with Crippen molar-refractivity contribution < 1.29 is 29.6 Å². The number of hydrogen-bond acceptors (Lipinski definition) is 5. The van der Waals surface area contributed by atoms with Crippen LogP contribution < -0.4 is 0 Å². The van der Waals surface area contributed by atoms with Gasteiger partial charge in [0.15, 0.2) is 12.2 Å². The highest BCUT2D eigenvalue weighted by Crippen LogP contribution is 2.10. The molecule has 0 amide bonds. The number of carboxylic acids is 1. The third-order valence-corrected chi connectivity index (χ3v) is 3.54. The topological polar surface area (TPSA) is 104 Å². The zero-order valence-corrected chi connectivity index (χ0v) is 13.5. The fourth-order valence-electron chi connectivity index (χ4n) is 2.11. The molecule has 0 spiro atoms. The highest BCUT2D eigenvalue weighted by Gasteiger charge is 2.31. The first-order valence-electron chi connectivity index (χ1n) is 8.26. The average molecular weight is 318 g/mol. The highest BCUT2D eigenvalue weighted by molar-refractivity contribution is 5.84. The fraction of sp³-hybridized carbons (Fsp3) is 0.875. The first-order valence-corrected chi connectivity index (χ1v) is 8.26. The van der Waals surface area contributed by atoms with Crippen LogP contribution >= 0.6 is 0 Å². The molecule has 6 nitrogen and oxygen atoms in total. The zero-order valence-electron chi connectivity index (χ0n) is 13.5. The maximum Gasteiger partial charge on any atom is 0.338 e. The van der Waals surface area contributed by atoms with E-state index < -0.39 is 24.1 Å². The molecular formula is C16H30O6. The molecule has 0 heterocycles. The molecule has 0 aliphatic heterocycles. The second-order valence-electron chi connectivity index (χ2n) is 5.58. The number of carbonyl (C=O) groups is 2. The second-order valence-corrected chi connectivity index (χ2v) is 5.58. The Morgan fingerprint density at radius 3 is 1.73 bits per heavy atom. The molecule has 0 fully saturated rings. The van der Waals surface area contributed by atoms with Crippen molar-refractivity contribution in [2.75, 3.05) is 6.61 Å². The predicted octanol–water partition coefficient (Wildman–Crippen LogP) is 2.26. The van der Waals surface area contributed by atoms with Crippen molar-refractivity contribution >= 4 is 11.9 Å². The SMILES string of the molecule is CCCCCCCCCCCCOC(=O)C(O)C(O)C(=O)O. The van der Waals surface area contributed by atoms with Gasteiger partial charge in [0.25, 0.3) is 0 Å². The smallest absolute Gasteiger partial charge is 0.338 e. The van der Waals surface area contributed by atoms with Crippen LogP contribution in [0, 0.1) is 0 Å². The molecule has 0 saturated carbocycles. The van der Waals surface area contributed by atoms with Gasteiger partial charge in [0, 0.05) is 0 Å². The number of hydrogen-bond donors (Lipinski definition) is 3. The molecule has 6 heteroatoms. The van der Waals surface area contributed by atoms with E-state index in [1.807, 2.05) is 0 Å². The van der Waals surface area contributed by atoms with Crippen LogP contribution in [-0.4, -0.2) is 46.1 Å². The van der Waals surface area contributed by atoms with Gasteiger partial charge >= 0.3 is 11.9 Å². The maximum atomic E-state index is 11.3. The van der Waals surface area contributed by atoms with Crippen LogP contribution in [0.15, 0.2) is 0 Å². The van der Waals surface area contributed by atoms with E-state index in [1.54, 1.807) is 0 Å². The Bertz CT molecular complexity index is 305. The van der Waals surface area contributed by atoms with Gasteiger partial charge in [0.2, 0.25) is 0 Å². The van der Waals surface area contributed by atoms with Crippen molar-refractivity contribution in [1.82, 2.24) is 0 Å². The van der Waals surface area contributed by atoms with E-state index in [1.165, 1.54) is 44.9 Å². The van der Waals surface area contributed by atoms with Gasteiger partial charge in [-0.2, -0.15) is 0 Å². The van der Waals surface area contributed by atoms with Crippen molar-refractivity contribution in [2.45, 2.75) is 83.3 Å². The fourth-order valence-corrected chi connectivity index (χ4v) is 2.11. The number of carboxylic acid groups (broad SMARTS) is 1. The van der Waals surface area contributed by atoms with Crippen molar-refractivity contribution in [1.29, 1.82) is 0 Å². The Morgan fingerprint density at radius 1 is 0.818 bits per heavy atom. The Labute approximate surface area is 132 Å². The van der Waals surface area contributed by atoms with Crippen LogP contribution in [0.5, 0.6) is 0 Å². The van der Waals surface area contributed by atoms with Crippen molar-refractivity contribution in [3.05, 3.63) is 0 Å². The van der Waals surface area contributed by atoms with Gasteiger partial charge in [-0.05, 0) is 6.42 Å². The highest BCUT2D eigenvalue weighted by atomic mass is 16.5. The van der Waals surface area contributed by atoms with Gasteiger partial charge in [-0.25, -0.2) is 9.59 Å². The molecule has 0 aromatic carbocycles. The number of rotatable bonds is 14. The Morgan fingerprint density at radius 2 is 1.27 bits per heavy atom. The molecule has 22 heavy (non-hydrogen) atoms. The number of carbonyl (C=O) groups excluding carboxylic acids is 1. The van der Waals surface area contributed by atoms with Gasteiger partial charge in [-0.3, -0.25) is 0 Å². The summed E-state index contributed by atoms with van der Waals surface area (Å²) in [4.78, 5) is 21.6. The number of aliphatic hydroxyl groups is 2. The van der Waals surface area contributed by atoms with Crippen LogP contribution in [0.25, 0.3) is 0 Å². The van der Waals surface area contributed by atoms with Gasteiger partial charge in [0.1, 0.15) is 0 Å². The summed E-state index contributed by atoms with van der Waals surface area (Å²) in [7, 11) is 0. The van der Waals surface area contributed by atoms with Crippen molar-refractivity contribution in [3.8, 4) is 0 Å². The van der Waals surface area contributed by atoms with Crippen molar-refractivity contribution in [3.63, 3.8) is 0 Å². The van der Waals surface area contributed by atoms with Crippen molar-refractivity contribution in [2.24, 2.45) is 0 Å². The van der Waals surface area contributed by atoms with Gasteiger partial charge in [-0.1, -0.05) is 64.7 Å². The number of esters is 1. The normalized spacial score (nSPS) is 13.6. The first kappa shape index (κ1) is 20.9. The van der Waals surface area contributed by atoms with E-state index in [0.29, 0.717) is 6.42 Å². The molecule has 0 radical (unpaired) electrons. The number of ether oxygens (including phenoxy) is 1. The van der Waals surface area contributed by atoms with Crippen LogP contribution in [0.2, 0.25) is 0 Å². The largest absolute Gasteiger partial charge is 0.479 e. The minimum absolute atomic E-state index is 0.138. The van der Waals surface area contributed by atoms with E-state index in [9.17, 15) is 14.7 Å². The van der Waals surface area contributed by atoms with E-state index in [-0.39, 0.29) is 6.61 Å². The third kappa shape index (κ3) is 10.6. The Kier molecular flexibility index (Phi) is 12.8. The van der Waals surface area contributed by atoms with Gasteiger partial charge in [0.05, 0.1) is 6.61 Å². The van der Waals surface area contributed by atoms with E-state index in [0.717, 1.165) is 12.8 Å². The lowest BCUT2D eigenvalue weighted by molar-refractivity contribution is -0.169. The molecule has 3 N–H and O–H groups in total. The zero-order chi connectivity index (χ0) is 16.8. The molecule has 0 aromatic heterocycles. The minimum atomic E-state index is -2.14. The summed E-state index contributed by atoms with van der Waals surface area (Å²) in [5, 5.41) is 26.6. The van der Waals surface area contributed by atoms with Crippen LogP contribution in [-0.2, 0) is 14.3 Å². The molecule has 2 unspecified atom stereocenters. The predicted molar refractivity (Wildman–Crippen MR) is 82.5 cm³/mol. The third-order valence-electron chi connectivity index (χ3n) is 3.54.